The number of hydroxylamine groups is 2. The normalized spacial score (nSPS) is 18.9. The van der Waals surface area contributed by atoms with Crippen LogP contribution in [-0.2, 0) is 11.0 Å². The van der Waals surface area contributed by atoms with E-state index in [0.29, 0.717) is 23.5 Å². The van der Waals surface area contributed by atoms with Gasteiger partial charge in [-0.05, 0) is 0 Å². The molecule has 0 fully saturated rings. The summed E-state index contributed by atoms with van der Waals surface area (Å²) in [6, 6.07) is 6.80. The van der Waals surface area contributed by atoms with Crippen molar-refractivity contribution in [3.8, 4) is 5.63 Å². The van der Waals surface area contributed by atoms with Crippen molar-refractivity contribution in [1.82, 2.24) is 5.06 Å². The average Bonchev–Trinajstić information content (AvgIpc) is 2.32. The van der Waals surface area contributed by atoms with Crippen molar-refractivity contribution in [2.24, 2.45) is 0 Å². The number of rotatable bonds is 1. The van der Waals surface area contributed by atoms with Crippen LogP contribution >= 0.6 is 7.92 Å². The van der Waals surface area contributed by atoms with Crippen LogP contribution in [0.15, 0.2) is 24.3 Å². The molecule has 0 saturated carbocycles. The Balaban J connectivity index is 2.34. The number of benzene rings is 1. The van der Waals surface area contributed by atoms with Crippen molar-refractivity contribution < 1.29 is 14.6 Å². The molecular weight excluding hydrogens is 225 g/mol. The summed E-state index contributed by atoms with van der Waals surface area (Å²) in [4.78, 5) is 11.8. The second kappa shape index (κ2) is 4.67. The second-order valence-corrected chi connectivity index (χ2v) is 4.12. The monoisotopic (exact) mass is 235 g/mol. The first-order valence-corrected chi connectivity index (χ1v) is 5.71. The zero-order valence-electron chi connectivity index (χ0n) is 8.46. The van der Waals surface area contributed by atoms with Gasteiger partial charge in [0.1, 0.15) is 0 Å². The third-order valence-corrected chi connectivity index (χ3v) is 2.96. The molecule has 1 aliphatic heterocycles. The van der Waals surface area contributed by atoms with Crippen molar-refractivity contribution in [1.29, 1.82) is 0 Å². The van der Waals surface area contributed by atoms with Crippen molar-refractivity contribution in [3.05, 3.63) is 35.4 Å². The fourth-order valence-electron chi connectivity index (χ4n) is 1.84. The van der Waals surface area contributed by atoms with Crippen LogP contribution in [0.1, 0.15) is 22.3 Å². The first kappa shape index (κ1) is 11.2. The maximum atomic E-state index is 11.8. The Hall–Kier alpha value is -1.34. The third-order valence-electron chi connectivity index (χ3n) is 2.65. The molecule has 82 valence electrons. The van der Waals surface area contributed by atoms with Crippen LogP contribution < -0.4 is 0 Å². The van der Waals surface area contributed by atoms with Crippen molar-refractivity contribution >= 4 is 13.8 Å². The summed E-state index contributed by atoms with van der Waals surface area (Å²) in [5, 5.41) is 10.4. The van der Waals surface area contributed by atoms with Crippen LogP contribution in [-0.4, -0.2) is 22.2 Å². The molecular formula is C11H10NO3P. The summed E-state index contributed by atoms with van der Waals surface area (Å²) >= 11 is 0. The van der Waals surface area contributed by atoms with Gasteiger partial charge in [-0.25, -0.2) is 0 Å². The van der Waals surface area contributed by atoms with Gasteiger partial charge in [0.2, 0.25) is 0 Å². The standard InChI is InChI=1S/C11H10NO3P/c13-11-10-4-2-1-3-8(10)7-9(12(11)14)5-6-16-15/h1-4,9,14H,5,7H2. The summed E-state index contributed by atoms with van der Waals surface area (Å²) in [5.74, 6) is -0.406. The number of amides is 1. The Kier molecular flexibility index (Phi) is 3.25. The average molecular weight is 235 g/mol. The number of fused-ring (bicyclic) bond motifs is 1. The Morgan fingerprint density at radius 1 is 1.50 bits per heavy atom. The van der Waals surface area contributed by atoms with E-state index in [-0.39, 0.29) is 14.0 Å². The first-order chi connectivity index (χ1) is 7.74. The molecule has 1 aromatic carbocycles. The predicted molar refractivity (Wildman–Crippen MR) is 58.0 cm³/mol. The van der Waals surface area contributed by atoms with Crippen LogP contribution in [0.25, 0.3) is 0 Å². The minimum absolute atomic E-state index is 0.201. The van der Waals surface area contributed by atoms with Gasteiger partial charge in [-0.3, -0.25) is 0 Å². The summed E-state index contributed by atoms with van der Waals surface area (Å²) in [7, 11) is -0.201. The predicted octanol–water partition coefficient (Wildman–Crippen LogP) is 2.08. The zero-order chi connectivity index (χ0) is 11.5. The summed E-state index contributed by atoms with van der Waals surface area (Å²) in [6.07, 6.45) is 0.850. The fraction of sp³-hybridized carbons (Fsp3) is 0.273. The van der Waals surface area contributed by atoms with Crippen molar-refractivity contribution in [2.45, 2.75) is 18.9 Å². The van der Waals surface area contributed by atoms with Crippen molar-refractivity contribution in [2.75, 3.05) is 0 Å². The molecule has 1 N–H and O–H groups in total. The van der Waals surface area contributed by atoms with E-state index in [1.807, 2.05) is 12.1 Å². The number of carbonyl (C=O) groups is 1. The topological polar surface area (TPSA) is 57.6 Å². The number of nitrogens with zero attached hydrogens (tertiary/aromatic N) is 1. The molecule has 2 rings (SSSR count). The Labute approximate surface area is 94.0 Å². The van der Waals surface area contributed by atoms with E-state index in [0.717, 1.165) is 5.56 Å². The van der Waals surface area contributed by atoms with Gasteiger partial charge in [-0.15, -0.1) is 0 Å². The van der Waals surface area contributed by atoms with Crippen LogP contribution in [0.3, 0.4) is 0 Å². The van der Waals surface area contributed by atoms with Gasteiger partial charge in [-0.2, -0.15) is 0 Å². The number of hydrogen-bond donors (Lipinski definition) is 1. The molecule has 0 radical (unpaired) electrons. The summed E-state index contributed by atoms with van der Waals surface area (Å²) < 4.78 is 10.3. The molecule has 1 atom stereocenters. The van der Waals surface area contributed by atoms with Gasteiger partial charge in [0, 0.05) is 0 Å². The summed E-state index contributed by atoms with van der Waals surface area (Å²) in [5.41, 5.74) is 4.00. The van der Waals surface area contributed by atoms with Crippen LogP contribution in [0.2, 0.25) is 0 Å². The molecule has 1 aliphatic rings. The van der Waals surface area contributed by atoms with Gasteiger partial charge >= 0.3 is 93.4 Å². The van der Waals surface area contributed by atoms with Gasteiger partial charge in [0.15, 0.2) is 0 Å². The maximum absolute atomic E-state index is 11.8. The Morgan fingerprint density at radius 3 is 3.00 bits per heavy atom. The molecule has 1 unspecified atom stereocenters. The van der Waals surface area contributed by atoms with E-state index in [1.165, 1.54) is 0 Å². The van der Waals surface area contributed by atoms with Gasteiger partial charge in [0.25, 0.3) is 0 Å². The van der Waals surface area contributed by atoms with Crippen LogP contribution in [0.5, 0.6) is 0 Å². The minimum atomic E-state index is -0.406. The van der Waals surface area contributed by atoms with E-state index < -0.39 is 5.91 Å². The first-order valence-electron chi connectivity index (χ1n) is 4.89. The van der Waals surface area contributed by atoms with Crippen molar-refractivity contribution in [3.63, 3.8) is 0 Å². The quantitative estimate of drug-likeness (QED) is 0.599. The van der Waals surface area contributed by atoms with E-state index in [1.54, 1.807) is 12.1 Å². The van der Waals surface area contributed by atoms with Gasteiger partial charge < -0.3 is 0 Å². The van der Waals surface area contributed by atoms with E-state index >= 15 is 0 Å². The molecule has 16 heavy (non-hydrogen) atoms. The SMILES string of the molecule is O=P#CCC1Cc2ccccc2C(=O)N1O. The van der Waals surface area contributed by atoms with Crippen LogP contribution in [0.4, 0.5) is 0 Å². The molecule has 1 heterocycles. The molecule has 0 bridgehead atoms. The van der Waals surface area contributed by atoms with E-state index in [2.05, 4.69) is 5.63 Å². The summed E-state index contributed by atoms with van der Waals surface area (Å²) in [6.45, 7) is 0. The molecule has 0 saturated heterocycles. The fourth-order valence-corrected chi connectivity index (χ4v) is 2.12. The molecule has 4 nitrogen and oxygen atoms in total. The molecule has 1 aromatic rings. The zero-order valence-corrected chi connectivity index (χ0v) is 9.35. The molecule has 0 spiro atoms. The second-order valence-electron chi connectivity index (χ2n) is 3.62. The molecule has 0 aliphatic carbocycles. The Bertz CT molecular complexity index is 523. The Morgan fingerprint density at radius 2 is 2.25 bits per heavy atom. The van der Waals surface area contributed by atoms with Crippen LogP contribution in [0, 0.1) is 5.63 Å². The molecule has 1 amide bonds. The number of carbonyl (C=O) groups excluding carboxylic acids is 1. The third kappa shape index (κ3) is 1.96. The molecule has 5 heteroatoms. The van der Waals surface area contributed by atoms with Gasteiger partial charge in [-0.1, -0.05) is 0 Å². The van der Waals surface area contributed by atoms with E-state index in [9.17, 15) is 14.6 Å². The van der Waals surface area contributed by atoms with Gasteiger partial charge in [0.05, 0.1) is 0 Å². The number of hydrogen-bond acceptors (Lipinski definition) is 3. The van der Waals surface area contributed by atoms with E-state index in [4.69, 9.17) is 0 Å². The molecule has 0 aromatic heterocycles.